The fourth-order valence-electron chi connectivity index (χ4n) is 1.63. The topological polar surface area (TPSA) is 67.8 Å². The summed E-state index contributed by atoms with van der Waals surface area (Å²) in [6.07, 6.45) is 3.75. The lowest BCUT2D eigenvalue weighted by molar-refractivity contribution is 0.308. The van der Waals surface area contributed by atoms with Crippen LogP contribution in [0.25, 0.3) is 0 Å². The lowest BCUT2D eigenvalue weighted by Crippen LogP contribution is -2.18. The van der Waals surface area contributed by atoms with Crippen molar-refractivity contribution in [1.82, 2.24) is 0 Å². The maximum absolute atomic E-state index is 12.0. The van der Waals surface area contributed by atoms with E-state index >= 15 is 0 Å². The van der Waals surface area contributed by atoms with Crippen LogP contribution >= 0.6 is 11.8 Å². The Kier molecular flexibility index (Phi) is 4.36. The van der Waals surface area contributed by atoms with Gasteiger partial charge >= 0.3 is 0 Å². The van der Waals surface area contributed by atoms with Gasteiger partial charge in [0.05, 0.1) is 12.3 Å². The lowest BCUT2D eigenvalue weighted by atomic mass is 10.3. The molecule has 7 heteroatoms. The smallest absolute Gasteiger partial charge is 0.286 e. The summed E-state index contributed by atoms with van der Waals surface area (Å²) in [6, 6.07) is 4.99. The van der Waals surface area contributed by atoms with Crippen LogP contribution < -0.4 is 10.1 Å². The van der Waals surface area contributed by atoms with E-state index < -0.39 is 10.0 Å². The van der Waals surface area contributed by atoms with Gasteiger partial charge in [0.15, 0.2) is 5.17 Å². The van der Waals surface area contributed by atoms with Gasteiger partial charge in [-0.25, -0.2) is 0 Å². The Hall–Kier alpha value is -1.21. The molecule has 0 spiro atoms. The first kappa shape index (κ1) is 14.2. The Bertz CT molecular complexity index is 597. The maximum atomic E-state index is 12.0. The molecule has 1 N–H and O–H groups in total. The molecule has 0 radical (unpaired) electrons. The molecule has 0 amide bonds. The molecule has 1 aliphatic rings. The molecule has 1 heterocycles. The number of thioether (sulfide) groups is 1. The zero-order chi connectivity index (χ0) is 13.9. The first-order chi connectivity index (χ1) is 9.06. The van der Waals surface area contributed by atoms with Gasteiger partial charge in [-0.05, 0) is 24.8 Å². The predicted molar refractivity (Wildman–Crippen MR) is 78.6 cm³/mol. The van der Waals surface area contributed by atoms with Crippen molar-refractivity contribution in [2.24, 2.45) is 4.40 Å². The number of hydrogen-bond donors (Lipinski definition) is 1. The molecule has 0 unspecified atom stereocenters. The molecule has 0 saturated carbocycles. The minimum absolute atomic E-state index is 0.166. The molecule has 5 nitrogen and oxygen atoms in total. The molecule has 0 fully saturated rings. The highest BCUT2D eigenvalue weighted by Crippen LogP contribution is 2.32. The van der Waals surface area contributed by atoms with E-state index in [2.05, 4.69) is 16.6 Å². The molecule has 104 valence electrons. The van der Waals surface area contributed by atoms with Crippen LogP contribution in [0.2, 0.25) is 0 Å². The third-order valence-electron chi connectivity index (χ3n) is 2.64. The van der Waals surface area contributed by atoms with E-state index in [-0.39, 0.29) is 4.90 Å². The van der Waals surface area contributed by atoms with Crippen LogP contribution in [0.1, 0.15) is 19.8 Å². The highest BCUT2D eigenvalue weighted by Gasteiger charge is 2.25. The molecule has 1 aromatic carbocycles. The van der Waals surface area contributed by atoms with Gasteiger partial charge in [0.2, 0.25) is 0 Å². The number of hydrogen-bond acceptors (Lipinski definition) is 5. The maximum Gasteiger partial charge on any atom is 0.286 e. The molecule has 0 saturated heterocycles. The van der Waals surface area contributed by atoms with Crippen LogP contribution in [0.4, 0.5) is 5.69 Å². The summed E-state index contributed by atoms with van der Waals surface area (Å²) in [7, 11) is -3.63. The van der Waals surface area contributed by atoms with Gasteiger partial charge in [-0.1, -0.05) is 25.1 Å². The quantitative estimate of drug-likeness (QED) is 0.866. The molecule has 1 aliphatic heterocycles. The third kappa shape index (κ3) is 3.22. The Morgan fingerprint density at radius 2 is 2.21 bits per heavy atom. The Morgan fingerprint density at radius 1 is 1.42 bits per heavy atom. The summed E-state index contributed by atoms with van der Waals surface area (Å²) in [5.74, 6) is 0.556. The number of amidine groups is 1. The zero-order valence-electron chi connectivity index (χ0n) is 10.8. The van der Waals surface area contributed by atoms with Gasteiger partial charge in [0, 0.05) is 6.07 Å². The van der Waals surface area contributed by atoms with Crippen LogP contribution in [0.15, 0.2) is 27.5 Å². The van der Waals surface area contributed by atoms with Crippen LogP contribution in [-0.4, -0.2) is 26.4 Å². The summed E-state index contributed by atoms with van der Waals surface area (Å²) >= 11 is 1.26. The Balaban J connectivity index is 2.28. The lowest BCUT2D eigenvalue weighted by Gasteiger charge is -2.17. The average Bonchev–Trinajstić information content (AvgIpc) is 2.39. The van der Waals surface area contributed by atoms with E-state index in [0.29, 0.717) is 23.2 Å². The number of anilines is 1. The van der Waals surface area contributed by atoms with Crippen molar-refractivity contribution >= 4 is 32.6 Å². The molecule has 0 aromatic heterocycles. The van der Waals surface area contributed by atoms with Crippen molar-refractivity contribution in [1.29, 1.82) is 0 Å². The SMILES string of the molecule is CCCCOc1ccc2c(c1)S(=O)(=O)N=C(SC)N2. The number of fused-ring (bicyclic) bond motifs is 1. The van der Waals surface area contributed by atoms with Crippen molar-refractivity contribution in [3.63, 3.8) is 0 Å². The van der Waals surface area contributed by atoms with Crippen molar-refractivity contribution in [3.05, 3.63) is 18.2 Å². The second kappa shape index (κ2) is 5.83. The molecule has 2 rings (SSSR count). The molecule has 0 aliphatic carbocycles. The Morgan fingerprint density at radius 3 is 2.89 bits per heavy atom. The number of nitrogens with zero attached hydrogens (tertiary/aromatic N) is 1. The number of ether oxygens (including phenoxy) is 1. The molecule has 0 atom stereocenters. The molecular formula is C12H16N2O3S2. The fraction of sp³-hybridized carbons (Fsp3) is 0.417. The van der Waals surface area contributed by atoms with E-state index in [1.807, 2.05) is 0 Å². The number of nitrogens with one attached hydrogen (secondary N) is 1. The summed E-state index contributed by atoms with van der Waals surface area (Å²) in [4.78, 5) is 0.166. The highest BCUT2D eigenvalue weighted by molar-refractivity contribution is 8.14. The van der Waals surface area contributed by atoms with Crippen LogP contribution in [0, 0.1) is 0 Å². The van der Waals surface area contributed by atoms with Gasteiger partial charge in [-0.2, -0.15) is 8.42 Å². The first-order valence-corrected chi connectivity index (χ1v) is 8.66. The van der Waals surface area contributed by atoms with E-state index in [1.54, 1.807) is 18.4 Å². The number of unbranched alkanes of at least 4 members (excludes halogenated alkanes) is 1. The van der Waals surface area contributed by atoms with Crippen LogP contribution in [0.5, 0.6) is 5.75 Å². The minimum atomic E-state index is -3.63. The fourth-order valence-corrected chi connectivity index (χ4v) is 3.46. The summed E-state index contributed by atoms with van der Waals surface area (Å²) < 4.78 is 33.3. The summed E-state index contributed by atoms with van der Waals surface area (Å²) in [5, 5.41) is 3.36. The van der Waals surface area contributed by atoms with Gasteiger partial charge in [-0.3, -0.25) is 0 Å². The van der Waals surface area contributed by atoms with Crippen LogP contribution in [0.3, 0.4) is 0 Å². The number of rotatable bonds is 4. The standard InChI is InChI=1S/C12H16N2O3S2/c1-3-4-7-17-9-5-6-10-11(8-9)19(15,16)14-12(13-10)18-2/h5-6,8H,3-4,7H2,1-2H3,(H,13,14). The van der Waals surface area contributed by atoms with Crippen molar-refractivity contribution in [2.75, 3.05) is 18.2 Å². The highest BCUT2D eigenvalue weighted by atomic mass is 32.2. The normalized spacial score (nSPS) is 16.2. The van der Waals surface area contributed by atoms with Gasteiger partial charge in [0.25, 0.3) is 10.0 Å². The monoisotopic (exact) mass is 300 g/mol. The van der Waals surface area contributed by atoms with E-state index in [4.69, 9.17) is 4.74 Å². The number of benzene rings is 1. The van der Waals surface area contributed by atoms with Gasteiger partial charge in [0.1, 0.15) is 10.6 Å². The van der Waals surface area contributed by atoms with E-state index in [0.717, 1.165) is 12.8 Å². The van der Waals surface area contributed by atoms with Gasteiger partial charge in [-0.15, -0.1) is 4.40 Å². The summed E-state index contributed by atoms with van der Waals surface area (Å²) in [5.41, 5.74) is 0.544. The van der Waals surface area contributed by atoms with Crippen LogP contribution in [-0.2, 0) is 10.0 Å². The van der Waals surface area contributed by atoms with E-state index in [9.17, 15) is 8.42 Å². The third-order valence-corrected chi connectivity index (χ3v) is 4.65. The molecule has 1 aromatic rings. The number of sulfonamides is 1. The largest absolute Gasteiger partial charge is 0.494 e. The molecular weight excluding hydrogens is 284 g/mol. The minimum Gasteiger partial charge on any atom is -0.494 e. The van der Waals surface area contributed by atoms with Gasteiger partial charge < -0.3 is 10.1 Å². The Labute approximate surface area is 117 Å². The first-order valence-electron chi connectivity index (χ1n) is 5.99. The second-order valence-corrected chi connectivity index (χ2v) is 6.43. The zero-order valence-corrected chi connectivity index (χ0v) is 12.5. The summed E-state index contributed by atoms with van der Waals surface area (Å²) in [6.45, 7) is 2.66. The average molecular weight is 300 g/mol. The van der Waals surface area contributed by atoms with Crippen molar-refractivity contribution in [2.45, 2.75) is 24.7 Å². The predicted octanol–water partition coefficient (Wildman–Crippen LogP) is 2.70. The molecule has 0 bridgehead atoms. The van der Waals surface area contributed by atoms with Crippen molar-refractivity contribution < 1.29 is 13.2 Å². The molecule has 19 heavy (non-hydrogen) atoms. The second-order valence-electron chi connectivity index (χ2n) is 4.06. The van der Waals surface area contributed by atoms with E-state index in [1.165, 1.54) is 17.8 Å². The van der Waals surface area contributed by atoms with Crippen molar-refractivity contribution in [3.8, 4) is 5.75 Å².